The average Bonchev–Trinajstić information content (AvgIpc) is 2.63. The molecule has 1 saturated heterocycles. The van der Waals surface area contributed by atoms with E-state index in [0.29, 0.717) is 17.1 Å². The third-order valence-electron chi connectivity index (χ3n) is 4.23. The number of barbiturate groups is 1. The lowest BCUT2D eigenvalue weighted by atomic mass is 10.1. The fourth-order valence-electron chi connectivity index (χ4n) is 2.82. The molecule has 27 heavy (non-hydrogen) atoms. The van der Waals surface area contributed by atoms with Gasteiger partial charge in [-0.25, -0.2) is 9.69 Å². The van der Waals surface area contributed by atoms with Crippen LogP contribution in [-0.4, -0.2) is 31.2 Å². The summed E-state index contributed by atoms with van der Waals surface area (Å²) in [5.41, 5.74) is 2.99. The first-order valence-electron chi connectivity index (χ1n) is 8.35. The number of nitrogens with one attached hydrogen (secondary N) is 1. The lowest BCUT2D eigenvalue weighted by Crippen LogP contribution is -2.58. The number of methoxy groups -OCH3 is 1. The van der Waals surface area contributed by atoms with Gasteiger partial charge in [0, 0.05) is 12.3 Å². The Morgan fingerprint density at radius 3 is 2.59 bits per heavy atom. The van der Waals surface area contributed by atoms with E-state index < -0.39 is 23.8 Å². The quantitative estimate of drug-likeness (QED) is 0.666. The highest BCUT2D eigenvalue weighted by atomic mass is 16.5. The van der Waals surface area contributed by atoms with Gasteiger partial charge in [0.25, 0.3) is 5.91 Å². The van der Waals surface area contributed by atoms with Crippen molar-refractivity contribution >= 4 is 35.4 Å². The number of amides is 4. The minimum Gasteiger partial charge on any atom is -0.497 e. The summed E-state index contributed by atoms with van der Waals surface area (Å²) >= 11 is 0. The molecule has 2 aromatic carbocycles. The summed E-state index contributed by atoms with van der Waals surface area (Å²) in [4.78, 5) is 42.4. The topological polar surface area (TPSA) is 88.1 Å². The number of benzene rings is 2. The highest BCUT2D eigenvalue weighted by Crippen LogP contribution is 2.25. The minimum atomic E-state index is -1.20. The molecule has 1 N–H and O–H groups in total. The molecule has 0 aliphatic carbocycles. The van der Waals surface area contributed by atoms with Crippen molar-refractivity contribution in [3.05, 3.63) is 53.6 Å². The number of urea groups is 1. The molecule has 138 valence electrons. The van der Waals surface area contributed by atoms with Crippen LogP contribution in [0, 0.1) is 19.8 Å². The molecule has 0 saturated carbocycles. The molecule has 3 rings (SSSR count). The first kappa shape index (κ1) is 18.3. The monoisotopic (exact) mass is 365 g/mol. The van der Waals surface area contributed by atoms with Crippen LogP contribution in [0.2, 0.25) is 0 Å². The van der Waals surface area contributed by atoms with E-state index in [2.05, 4.69) is 10.3 Å². The Kier molecular flexibility index (Phi) is 5.03. The van der Waals surface area contributed by atoms with E-state index in [4.69, 9.17) is 4.74 Å². The molecule has 7 heteroatoms. The standard InChI is InChI=1S/C20H19N3O4/c1-12-7-8-17(13(2)9-12)21-11-16-18(24)22-20(26)23(19(16)25)14-5-4-6-15(10-14)27-3/h4-11,16H,1-3H3,(H,22,24,26)/t16-/m0/s1. The normalized spacial score (nSPS) is 17.4. The van der Waals surface area contributed by atoms with Crippen LogP contribution >= 0.6 is 0 Å². The summed E-state index contributed by atoms with van der Waals surface area (Å²) < 4.78 is 5.13. The molecule has 7 nitrogen and oxygen atoms in total. The van der Waals surface area contributed by atoms with E-state index in [9.17, 15) is 14.4 Å². The Bertz CT molecular complexity index is 952. The van der Waals surface area contributed by atoms with E-state index in [1.165, 1.54) is 13.3 Å². The van der Waals surface area contributed by atoms with Crippen molar-refractivity contribution < 1.29 is 19.1 Å². The summed E-state index contributed by atoms with van der Waals surface area (Å²) in [5, 5.41) is 2.20. The predicted molar refractivity (Wildman–Crippen MR) is 102 cm³/mol. The van der Waals surface area contributed by atoms with Crippen LogP contribution in [0.1, 0.15) is 11.1 Å². The summed E-state index contributed by atoms with van der Waals surface area (Å²) in [6.45, 7) is 3.87. The summed E-state index contributed by atoms with van der Waals surface area (Å²) in [5.74, 6) is -2.07. The molecular formula is C20H19N3O4. The highest BCUT2D eigenvalue weighted by Gasteiger charge is 2.40. The smallest absolute Gasteiger partial charge is 0.335 e. The van der Waals surface area contributed by atoms with Gasteiger partial charge in [0.1, 0.15) is 5.75 Å². The molecule has 4 amide bonds. The Hall–Kier alpha value is -3.48. The molecule has 0 radical (unpaired) electrons. The zero-order chi connectivity index (χ0) is 19.6. The zero-order valence-corrected chi connectivity index (χ0v) is 15.2. The first-order valence-corrected chi connectivity index (χ1v) is 8.35. The van der Waals surface area contributed by atoms with Crippen LogP contribution in [-0.2, 0) is 9.59 Å². The van der Waals surface area contributed by atoms with E-state index >= 15 is 0 Å². The summed E-state index contributed by atoms with van der Waals surface area (Å²) in [6, 6.07) is 11.4. The van der Waals surface area contributed by atoms with Crippen LogP contribution in [0.25, 0.3) is 0 Å². The van der Waals surface area contributed by atoms with Gasteiger partial charge in [0.05, 0.1) is 18.5 Å². The maximum absolute atomic E-state index is 12.8. The summed E-state index contributed by atoms with van der Waals surface area (Å²) in [6.07, 6.45) is 1.27. The number of aliphatic imine (C=N–C) groups is 1. The van der Waals surface area contributed by atoms with Crippen LogP contribution in [0.4, 0.5) is 16.2 Å². The molecule has 1 aliphatic heterocycles. The largest absolute Gasteiger partial charge is 0.497 e. The van der Waals surface area contributed by atoms with Crippen LogP contribution < -0.4 is 15.0 Å². The van der Waals surface area contributed by atoms with Crippen molar-refractivity contribution in [3.63, 3.8) is 0 Å². The molecular weight excluding hydrogens is 346 g/mol. The number of aryl methyl sites for hydroxylation is 2. The number of hydrogen-bond donors (Lipinski definition) is 1. The van der Waals surface area contributed by atoms with Crippen LogP contribution in [0.15, 0.2) is 47.5 Å². The fourth-order valence-corrected chi connectivity index (χ4v) is 2.82. The van der Waals surface area contributed by atoms with Crippen LogP contribution in [0.5, 0.6) is 5.75 Å². The van der Waals surface area contributed by atoms with Gasteiger partial charge >= 0.3 is 6.03 Å². The van der Waals surface area contributed by atoms with E-state index in [1.54, 1.807) is 24.3 Å². The second kappa shape index (κ2) is 7.41. The maximum atomic E-state index is 12.8. The number of hydrogen-bond acceptors (Lipinski definition) is 5. The minimum absolute atomic E-state index is 0.314. The zero-order valence-electron chi connectivity index (χ0n) is 15.2. The lowest BCUT2D eigenvalue weighted by molar-refractivity contribution is -0.131. The molecule has 1 atom stereocenters. The van der Waals surface area contributed by atoms with Gasteiger partial charge in [0.2, 0.25) is 5.91 Å². The highest BCUT2D eigenvalue weighted by molar-refractivity contribution is 6.32. The van der Waals surface area contributed by atoms with Crippen molar-refractivity contribution in [2.45, 2.75) is 13.8 Å². The molecule has 0 aromatic heterocycles. The average molecular weight is 365 g/mol. The number of anilines is 1. The number of carbonyl (C=O) groups is 3. The first-order chi connectivity index (χ1) is 12.9. The Morgan fingerprint density at radius 1 is 1.11 bits per heavy atom. The van der Waals surface area contributed by atoms with Crippen molar-refractivity contribution in [1.29, 1.82) is 0 Å². The van der Waals surface area contributed by atoms with Gasteiger partial charge in [-0.1, -0.05) is 23.8 Å². The van der Waals surface area contributed by atoms with Crippen molar-refractivity contribution in [2.75, 3.05) is 12.0 Å². The van der Waals surface area contributed by atoms with Gasteiger partial charge < -0.3 is 4.74 Å². The van der Waals surface area contributed by atoms with Gasteiger partial charge in [-0.3, -0.25) is 19.9 Å². The number of rotatable bonds is 4. The van der Waals surface area contributed by atoms with Crippen LogP contribution in [0.3, 0.4) is 0 Å². The Balaban J connectivity index is 1.91. The maximum Gasteiger partial charge on any atom is 0.335 e. The number of nitrogens with zero attached hydrogens (tertiary/aromatic N) is 2. The van der Waals surface area contributed by atoms with Gasteiger partial charge in [0.15, 0.2) is 5.92 Å². The van der Waals surface area contributed by atoms with Gasteiger partial charge in [-0.2, -0.15) is 0 Å². The molecule has 1 aliphatic rings. The van der Waals surface area contributed by atoms with E-state index in [1.807, 2.05) is 32.0 Å². The van der Waals surface area contributed by atoms with E-state index in [0.717, 1.165) is 16.0 Å². The number of carbonyl (C=O) groups excluding carboxylic acids is 3. The number of imide groups is 2. The number of ether oxygens (including phenoxy) is 1. The third-order valence-corrected chi connectivity index (χ3v) is 4.23. The molecule has 0 unspecified atom stereocenters. The molecule has 0 spiro atoms. The van der Waals surface area contributed by atoms with Crippen molar-refractivity contribution in [3.8, 4) is 5.75 Å². The van der Waals surface area contributed by atoms with Crippen molar-refractivity contribution in [1.82, 2.24) is 5.32 Å². The lowest BCUT2D eigenvalue weighted by Gasteiger charge is -2.28. The second-order valence-electron chi connectivity index (χ2n) is 6.22. The SMILES string of the molecule is COc1cccc(N2C(=O)NC(=O)[C@H](C=Nc3ccc(C)cc3C)C2=O)c1. The molecule has 2 aromatic rings. The third kappa shape index (κ3) is 3.72. The molecule has 1 fully saturated rings. The van der Waals surface area contributed by atoms with Gasteiger partial charge in [-0.15, -0.1) is 0 Å². The fraction of sp³-hybridized carbons (Fsp3) is 0.200. The predicted octanol–water partition coefficient (Wildman–Crippen LogP) is 2.91. The molecule has 0 bridgehead atoms. The van der Waals surface area contributed by atoms with E-state index in [-0.39, 0.29) is 0 Å². The summed E-state index contributed by atoms with van der Waals surface area (Å²) in [7, 11) is 1.49. The second-order valence-corrected chi connectivity index (χ2v) is 6.22. The molecule has 1 heterocycles. The Labute approximate surface area is 156 Å². The Morgan fingerprint density at radius 2 is 1.89 bits per heavy atom. The van der Waals surface area contributed by atoms with Gasteiger partial charge in [-0.05, 0) is 37.6 Å². The van der Waals surface area contributed by atoms with Crippen molar-refractivity contribution in [2.24, 2.45) is 10.9 Å².